The Morgan fingerprint density at radius 3 is 2.61 bits per heavy atom. The van der Waals surface area contributed by atoms with Crippen LogP contribution in [0.1, 0.15) is 5.56 Å². The molecule has 0 bridgehead atoms. The molecule has 18 heavy (non-hydrogen) atoms. The lowest BCUT2D eigenvalue weighted by Gasteiger charge is -1.99. The number of phenolic OH excluding ortho intramolecular Hbond substituents is 2. The molecule has 3 nitrogen and oxygen atoms in total. The fourth-order valence-corrected chi connectivity index (χ4v) is 2.76. The maximum Gasteiger partial charge on any atom is 0.158 e. The molecule has 0 amide bonds. The Bertz CT molecular complexity index is 734. The lowest BCUT2D eigenvalue weighted by Crippen LogP contribution is -1.76. The molecule has 0 aliphatic rings. The van der Waals surface area contributed by atoms with Crippen LogP contribution < -0.4 is 0 Å². The molecule has 0 saturated carbocycles. The third-order valence-electron chi connectivity index (χ3n) is 2.77. The molecule has 1 heterocycles. The fourth-order valence-electron chi connectivity index (χ4n) is 1.82. The molecule has 2 aromatic carbocycles. The number of hydrogen-bond acceptors (Lipinski definition) is 4. The van der Waals surface area contributed by atoms with Gasteiger partial charge in [0.2, 0.25) is 0 Å². The molecule has 0 saturated heterocycles. The topological polar surface area (TPSA) is 53.4 Å². The van der Waals surface area contributed by atoms with Gasteiger partial charge >= 0.3 is 0 Å². The van der Waals surface area contributed by atoms with E-state index in [0.717, 1.165) is 20.8 Å². The number of benzene rings is 2. The summed E-state index contributed by atoms with van der Waals surface area (Å²) < 4.78 is 1.11. The number of thiazole rings is 1. The Morgan fingerprint density at radius 1 is 1.00 bits per heavy atom. The van der Waals surface area contributed by atoms with Crippen molar-refractivity contribution in [2.45, 2.75) is 6.92 Å². The van der Waals surface area contributed by atoms with E-state index in [9.17, 15) is 10.2 Å². The van der Waals surface area contributed by atoms with E-state index >= 15 is 0 Å². The quantitative estimate of drug-likeness (QED) is 0.654. The van der Waals surface area contributed by atoms with Crippen LogP contribution in [-0.2, 0) is 0 Å². The zero-order valence-corrected chi connectivity index (χ0v) is 10.5. The highest BCUT2D eigenvalue weighted by atomic mass is 32.1. The van der Waals surface area contributed by atoms with Gasteiger partial charge < -0.3 is 10.2 Å². The van der Waals surface area contributed by atoms with Crippen LogP contribution in [0.5, 0.6) is 11.5 Å². The van der Waals surface area contributed by atoms with Gasteiger partial charge in [0.25, 0.3) is 0 Å². The van der Waals surface area contributed by atoms with Crippen molar-refractivity contribution in [3.05, 3.63) is 42.0 Å². The van der Waals surface area contributed by atoms with Crippen molar-refractivity contribution in [2.75, 3.05) is 0 Å². The predicted octanol–water partition coefficient (Wildman–Crippen LogP) is 3.68. The van der Waals surface area contributed by atoms with Gasteiger partial charge in [-0.25, -0.2) is 4.98 Å². The molecule has 0 unspecified atom stereocenters. The highest BCUT2D eigenvalue weighted by Crippen LogP contribution is 2.34. The average Bonchev–Trinajstić information content (AvgIpc) is 2.75. The highest BCUT2D eigenvalue weighted by Gasteiger charge is 2.08. The molecule has 0 aliphatic heterocycles. The minimum absolute atomic E-state index is 0.115. The van der Waals surface area contributed by atoms with Gasteiger partial charge in [-0.3, -0.25) is 0 Å². The number of fused-ring (bicyclic) bond motifs is 1. The Balaban J connectivity index is 2.16. The monoisotopic (exact) mass is 257 g/mol. The van der Waals surface area contributed by atoms with Gasteiger partial charge in [0, 0.05) is 5.56 Å². The molecule has 2 N–H and O–H groups in total. The number of aromatic nitrogens is 1. The van der Waals surface area contributed by atoms with Crippen molar-refractivity contribution in [2.24, 2.45) is 0 Å². The smallest absolute Gasteiger partial charge is 0.158 e. The minimum Gasteiger partial charge on any atom is -0.504 e. The summed E-state index contributed by atoms with van der Waals surface area (Å²) in [6.45, 7) is 2.03. The van der Waals surface area contributed by atoms with Crippen molar-refractivity contribution in [3.8, 4) is 22.1 Å². The molecule has 0 fully saturated rings. The summed E-state index contributed by atoms with van der Waals surface area (Å²) in [6, 6.07) is 10.9. The Hall–Kier alpha value is -2.07. The van der Waals surface area contributed by atoms with Crippen molar-refractivity contribution < 1.29 is 10.2 Å². The second-order valence-electron chi connectivity index (χ2n) is 4.19. The third kappa shape index (κ3) is 1.80. The normalized spacial score (nSPS) is 10.9. The lowest BCUT2D eigenvalue weighted by molar-refractivity contribution is 0.404. The summed E-state index contributed by atoms with van der Waals surface area (Å²) >= 11 is 1.57. The summed E-state index contributed by atoms with van der Waals surface area (Å²) in [7, 11) is 0. The highest BCUT2D eigenvalue weighted by molar-refractivity contribution is 7.21. The minimum atomic E-state index is -0.122. The van der Waals surface area contributed by atoms with E-state index < -0.39 is 0 Å². The standard InChI is InChI=1S/C14H11NO2S/c1-8-2-5-13-10(6-8)15-14(18-13)9-3-4-11(16)12(17)7-9/h2-7,16-17H,1H3. The van der Waals surface area contributed by atoms with E-state index in [1.54, 1.807) is 17.4 Å². The maximum atomic E-state index is 9.51. The summed E-state index contributed by atoms with van der Waals surface area (Å²) in [5.41, 5.74) is 2.94. The molecule has 0 aliphatic carbocycles. The van der Waals surface area contributed by atoms with Gasteiger partial charge in [-0.1, -0.05) is 6.07 Å². The van der Waals surface area contributed by atoms with Gasteiger partial charge in [-0.05, 0) is 42.8 Å². The van der Waals surface area contributed by atoms with E-state index in [4.69, 9.17) is 0 Å². The van der Waals surface area contributed by atoms with Gasteiger partial charge in [-0.2, -0.15) is 0 Å². The maximum absolute atomic E-state index is 9.51. The lowest BCUT2D eigenvalue weighted by atomic mass is 10.2. The molecule has 0 spiro atoms. The molecule has 1 aromatic heterocycles. The first kappa shape index (κ1) is 11.0. The number of rotatable bonds is 1. The van der Waals surface area contributed by atoms with Crippen LogP contribution in [0, 0.1) is 6.92 Å². The average molecular weight is 257 g/mol. The Morgan fingerprint density at radius 2 is 1.83 bits per heavy atom. The molecule has 0 atom stereocenters. The summed E-state index contributed by atoms with van der Waals surface area (Å²) in [5.74, 6) is -0.237. The second kappa shape index (κ2) is 3.99. The van der Waals surface area contributed by atoms with Gasteiger partial charge in [0.1, 0.15) is 5.01 Å². The van der Waals surface area contributed by atoms with Crippen LogP contribution in [0.25, 0.3) is 20.8 Å². The first-order valence-electron chi connectivity index (χ1n) is 5.53. The third-order valence-corrected chi connectivity index (χ3v) is 3.85. The summed E-state index contributed by atoms with van der Waals surface area (Å²) in [4.78, 5) is 4.54. The first-order chi connectivity index (χ1) is 8.63. The SMILES string of the molecule is Cc1ccc2sc(-c3ccc(O)c(O)c3)nc2c1. The van der Waals surface area contributed by atoms with E-state index in [2.05, 4.69) is 11.1 Å². The predicted molar refractivity (Wildman–Crippen MR) is 73.1 cm³/mol. The van der Waals surface area contributed by atoms with Crippen LogP contribution in [0.4, 0.5) is 0 Å². The second-order valence-corrected chi connectivity index (χ2v) is 5.22. The number of hydrogen-bond donors (Lipinski definition) is 2. The molecule has 3 rings (SSSR count). The van der Waals surface area contributed by atoms with Crippen LogP contribution in [0.2, 0.25) is 0 Å². The molecular formula is C14H11NO2S. The first-order valence-corrected chi connectivity index (χ1v) is 6.35. The van der Waals surface area contributed by atoms with E-state index in [-0.39, 0.29) is 11.5 Å². The van der Waals surface area contributed by atoms with Crippen molar-refractivity contribution in [1.82, 2.24) is 4.98 Å². The molecular weight excluding hydrogens is 246 g/mol. The number of aryl methyl sites for hydroxylation is 1. The molecule has 0 radical (unpaired) electrons. The van der Waals surface area contributed by atoms with Crippen LogP contribution in [0.15, 0.2) is 36.4 Å². The van der Waals surface area contributed by atoms with Crippen molar-refractivity contribution >= 4 is 21.6 Å². The van der Waals surface area contributed by atoms with E-state index in [1.807, 2.05) is 19.1 Å². The van der Waals surface area contributed by atoms with Gasteiger partial charge in [0.15, 0.2) is 11.5 Å². The zero-order chi connectivity index (χ0) is 12.7. The molecule has 4 heteroatoms. The Kier molecular flexibility index (Phi) is 2.45. The number of phenols is 2. The van der Waals surface area contributed by atoms with Crippen LogP contribution >= 0.6 is 11.3 Å². The molecule has 3 aromatic rings. The van der Waals surface area contributed by atoms with E-state index in [0.29, 0.717) is 0 Å². The Labute approximate surface area is 108 Å². The number of aromatic hydroxyl groups is 2. The van der Waals surface area contributed by atoms with Crippen LogP contribution in [0.3, 0.4) is 0 Å². The number of nitrogens with zero attached hydrogens (tertiary/aromatic N) is 1. The van der Waals surface area contributed by atoms with E-state index in [1.165, 1.54) is 17.7 Å². The molecule has 90 valence electrons. The largest absolute Gasteiger partial charge is 0.504 e. The summed E-state index contributed by atoms with van der Waals surface area (Å²) in [6.07, 6.45) is 0. The van der Waals surface area contributed by atoms with Crippen LogP contribution in [-0.4, -0.2) is 15.2 Å². The van der Waals surface area contributed by atoms with Crippen molar-refractivity contribution in [1.29, 1.82) is 0 Å². The van der Waals surface area contributed by atoms with Gasteiger partial charge in [0.05, 0.1) is 10.2 Å². The van der Waals surface area contributed by atoms with Crippen molar-refractivity contribution in [3.63, 3.8) is 0 Å². The van der Waals surface area contributed by atoms with Gasteiger partial charge in [-0.15, -0.1) is 11.3 Å². The fraction of sp³-hybridized carbons (Fsp3) is 0.0714. The zero-order valence-electron chi connectivity index (χ0n) is 9.71. The summed E-state index contributed by atoms with van der Waals surface area (Å²) in [5, 5.41) is 19.6.